The highest BCUT2D eigenvalue weighted by atomic mass is 16.5. The highest BCUT2D eigenvalue weighted by molar-refractivity contribution is 5.81. The third kappa shape index (κ3) is 1.95. The first kappa shape index (κ1) is 9.48. The van der Waals surface area contributed by atoms with Gasteiger partial charge in [0.1, 0.15) is 0 Å². The minimum atomic E-state index is -0.388. The molecule has 1 heterocycles. The Kier molecular flexibility index (Phi) is 3.05. The molecule has 0 spiro atoms. The summed E-state index contributed by atoms with van der Waals surface area (Å²) in [5.74, 6) is 0.0227. The first-order valence-corrected chi connectivity index (χ1v) is 4.22. The van der Waals surface area contributed by atoms with Crippen molar-refractivity contribution >= 4 is 5.91 Å². The largest absolute Gasteiger partial charge is 0.380 e. The van der Waals surface area contributed by atoms with Crippen LogP contribution in [0.15, 0.2) is 0 Å². The Balaban J connectivity index is 2.41. The van der Waals surface area contributed by atoms with Crippen LogP contribution in [0, 0.1) is 0 Å². The van der Waals surface area contributed by atoms with E-state index < -0.39 is 0 Å². The number of hydrogen-bond donors (Lipinski definition) is 1. The fourth-order valence-corrected chi connectivity index (χ4v) is 1.41. The van der Waals surface area contributed by atoms with E-state index in [0.29, 0.717) is 6.54 Å². The molecule has 1 rings (SSSR count). The van der Waals surface area contributed by atoms with E-state index in [2.05, 4.69) is 0 Å². The lowest BCUT2D eigenvalue weighted by Crippen LogP contribution is -2.41. The van der Waals surface area contributed by atoms with Gasteiger partial charge in [0.15, 0.2) is 0 Å². The highest BCUT2D eigenvalue weighted by Crippen LogP contribution is 2.12. The smallest absolute Gasteiger partial charge is 0.239 e. The molecular formula is C8H16N2O2. The van der Waals surface area contributed by atoms with Gasteiger partial charge in [-0.1, -0.05) is 0 Å². The van der Waals surface area contributed by atoms with Gasteiger partial charge in [0.25, 0.3) is 0 Å². The molecule has 1 aliphatic heterocycles. The van der Waals surface area contributed by atoms with E-state index in [1.807, 2.05) is 0 Å². The topological polar surface area (TPSA) is 55.6 Å². The second-order valence-electron chi connectivity index (χ2n) is 3.22. The van der Waals surface area contributed by atoms with Crippen molar-refractivity contribution in [3.05, 3.63) is 0 Å². The summed E-state index contributed by atoms with van der Waals surface area (Å²) in [5.41, 5.74) is 5.47. The molecule has 0 aromatic heterocycles. The molecule has 1 aliphatic rings. The normalized spacial score (nSPS) is 25.9. The van der Waals surface area contributed by atoms with Crippen LogP contribution in [-0.2, 0) is 9.53 Å². The minimum Gasteiger partial charge on any atom is -0.380 e. The summed E-state index contributed by atoms with van der Waals surface area (Å²) in [4.78, 5) is 13.1. The third-order valence-electron chi connectivity index (χ3n) is 2.18. The number of rotatable bonds is 2. The predicted molar refractivity (Wildman–Crippen MR) is 45.6 cm³/mol. The second-order valence-corrected chi connectivity index (χ2v) is 3.22. The number of carbonyl (C=O) groups excluding carboxylic acids is 1. The minimum absolute atomic E-state index is 0.0227. The molecule has 4 heteroatoms. The summed E-state index contributed by atoms with van der Waals surface area (Å²) in [6, 6.07) is -0.388. The average molecular weight is 172 g/mol. The Morgan fingerprint density at radius 2 is 2.42 bits per heavy atom. The standard InChI is InChI=1S/C8H16N2O2/c1-6(9)8(11)10-4-3-7(5-10)12-2/h6-7H,3-5,9H2,1-2H3/t6-,7?/m1/s1. The van der Waals surface area contributed by atoms with Gasteiger partial charge in [-0.25, -0.2) is 0 Å². The summed E-state index contributed by atoms with van der Waals surface area (Å²) >= 11 is 0. The maximum absolute atomic E-state index is 11.4. The molecule has 0 saturated carbocycles. The number of carbonyl (C=O) groups is 1. The zero-order valence-electron chi connectivity index (χ0n) is 7.62. The molecule has 0 aliphatic carbocycles. The quantitative estimate of drug-likeness (QED) is 0.615. The van der Waals surface area contributed by atoms with Crippen LogP contribution in [0.2, 0.25) is 0 Å². The van der Waals surface area contributed by atoms with Gasteiger partial charge in [-0.3, -0.25) is 4.79 Å². The Morgan fingerprint density at radius 1 is 1.75 bits per heavy atom. The molecule has 0 aromatic rings. The van der Waals surface area contributed by atoms with Crippen molar-refractivity contribution in [1.29, 1.82) is 0 Å². The molecule has 1 unspecified atom stereocenters. The Morgan fingerprint density at radius 3 is 2.83 bits per heavy atom. The number of nitrogens with two attached hydrogens (primary N) is 1. The van der Waals surface area contributed by atoms with Crippen molar-refractivity contribution in [1.82, 2.24) is 4.90 Å². The molecule has 1 amide bonds. The van der Waals surface area contributed by atoms with Gasteiger partial charge in [-0.2, -0.15) is 0 Å². The molecule has 2 atom stereocenters. The molecule has 0 aromatic carbocycles. The summed E-state index contributed by atoms with van der Waals surface area (Å²) in [5, 5.41) is 0. The van der Waals surface area contributed by atoms with E-state index in [-0.39, 0.29) is 18.1 Å². The van der Waals surface area contributed by atoms with Crippen LogP contribution < -0.4 is 5.73 Å². The zero-order chi connectivity index (χ0) is 9.14. The van der Waals surface area contributed by atoms with Crippen molar-refractivity contribution < 1.29 is 9.53 Å². The van der Waals surface area contributed by atoms with Crippen LogP contribution in [0.1, 0.15) is 13.3 Å². The lowest BCUT2D eigenvalue weighted by Gasteiger charge is -2.17. The zero-order valence-corrected chi connectivity index (χ0v) is 7.62. The number of ether oxygens (including phenoxy) is 1. The third-order valence-corrected chi connectivity index (χ3v) is 2.18. The second kappa shape index (κ2) is 3.87. The van der Waals surface area contributed by atoms with Crippen molar-refractivity contribution in [3.8, 4) is 0 Å². The van der Waals surface area contributed by atoms with Crippen molar-refractivity contribution in [2.45, 2.75) is 25.5 Å². The van der Waals surface area contributed by atoms with Crippen LogP contribution in [0.5, 0.6) is 0 Å². The molecular weight excluding hydrogens is 156 g/mol. The maximum atomic E-state index is 11.4. The van der Waals surface area contributed by atoms with Gasteiger partial charge in [0, 0.05) is 20.2 Å². The maximum Gasteiger partial charge on any atom is 0.239 e. The summed E-state index contributed by atoms with van der Waals surface area (Å²) < 4.78 is 5.14. The van der Waals surface area contributed by atoms with Crippen molar-refractivity contribution in [3.63, 3.8) is 0 Å². The molecule has 12 heavy (non-hydrogen) atoms. The first-order chi connectivity index (χ1) is 5.65. The number of nitrogens with zero attached hydrogens (tertiary/aromatic N) is 1. The molecule has 0 radical (unpaired) electrons. The Labute approximate surface area is 72.7 Å². The fraction of sp³-hybridized carbons (Fsp3) is 0.875. The van der Waals surface area contributed by atoms with Gasteiger partial charge in [-0.05, 0) is 13.3 Å². The molecule has 1 saturated heterocycles. The molecule has 0 bridgehead atoms. The number of methoxy groups -OCH3 is 1. The number of hydrogen-bond acceptors (Lipinski definition) is 3. The van der Waals surface area contributed by atoms with Crippen LogP contribution in [0.25, 0.3) is 0 Å². The van der Waals surface area contributed by atoms with E-state index in [1.54, 1.807) is 18.9 Å². The van der Waals surface area contributed by atoms with Crippen LogP contribution in [-0.4, -0.2) is 43.2 Å². The number of likely N-dealkylation sites (tertiary alicyclic amines) is 1. The highest BCUT2D eigenvalue weighted by Gasteiger charge is 2.27. The van der Waals surface area contributed by atoms with Gasteiger partial charge in [-0.15, -0.1) is 0 Å². The van der Waals surface area contributed by atoms with E-state index in [9.17, 15) is 4.79 Å². The van der Waals surface area contributed by atoms with Crippen LogP contribution in [0.3, 0.4) is 0 Å². The fourth-order valence-electron chi connectivity index (χ4n) is 1.41. The van der Waals surface area contributed by atoms with Gasteiger partial charge in [0.05, 0.1) is 12.1 Å². The molecule has 1 fully saturated rings. The number of amides is 1. The summed E-state index contributed by atoms with van der Waals surface area (Å²) in [7, 11) is 1.67. The Bertz CT molecular complexity index is 170. The van der Waals surface area contributed by atoms with E-state index in [4.69, 9.17) is 10.5 Å². The molecule has 4 nitrogen and oxygen atoms in total. The SMILES string of the molecule is COC1CCN(C(=O)[C@@H](C)N)C1. The monoisotopic (exact) mass is 172 g/mol. The average Bonchev–Trinajstić information content (AvgIpc) is 2.50. The predicted octanol–water partition coefficient (Wildman–Crippen LogP) is -0.419. The lowest BCUT2D eigenvalue weighted by atomic mass is 10.3. The van der Waals surface area contributed by atoms with Crippen molar-refractivity contribution in [2.24, 2.45) is 5.73 Å². The van der Waals surface area contributed by atoms with Crippen molar-refractivity contribution in [2.75, 3.05) is 20.2 Å². The molecule has 70 valence electrons. The van der Waals surface area contributed by atoms with Crippen LogP contribution >= 0.6 is 0 Å². The van der Waals surface area contributed by atoms with E-state index in [1.165, 1.54) is 0 Å². The van der Waals surface area contributed by atoms with Gasteiger partial charge in [0.2, 0.25) is 5.91 Å². The summed E-state index contributed by atoms with van der Waals surface area (Å²) in [6.45, 7) is 3.18. The molecule has 2 N–H and O–H groups in total. The van der Waals surface area contributed by atoms with Gasteiger partial charge >= 0.3 is 0 Å². The van der Waals surface area contributed by atoms with Gasteiger partial charge < -0.3 is 15.4 Å². The lowest BCUT2D eigenvalue weighted by molar-refractivity contribution is -0.131. The Hall–Kier alpha value is -0.610. The van der Waals surface area contributed by atoms with Crippen LogP contribution in [0.4, 0.5) is 0 Å². The van der Waals surface area contributed by atoms with E-state index >= 15 is 0 Å². The first-order valence-electron chi connectivity index (χ1n) is 4.22. The van der Waals surface area contributed by atoms with E-state index in [0.717, 1.165) is 13.0 Å². The summed E-state index contributed by atoms with van der Waals surface area (Å²) in [6.07, 6.45) is 1.13.